The van der Waals surface area contributed by atoms with Crippen LogP contribution in [0.25, 0.3) is 0 Å². The van der Waals surface area contributed by atoms with E-state index in [1.807, 2.05) is 24.8 Å². The molecule has 0 bridgehead atoms. The Labute approximate surface area is 167 Å². The van der Waals surface area contributed by atoms with Crippen molar-refractivity contribution in [2.24, 2.45) is 4.99 Å². The fraction of sp³-hybridized carbons (Fsp3) is 0.375. The average Bonchev–Trinajstić information content (AvgIpc) is 2.84. The van der Waals surface area contributed by atoms with Crippen LogP contribution in [0.15, 0.2) is 29.3 Å². The molecule has 0 aliphatic carbocycles. The second-order valence-electron chi connectivity index (χ2n) is 5.49. The van der Waals surface area contributed by atoms with Crippen LogP contribution in [0.3, 0.4) is 0 Å². The van der Waals surface area contributed by atoms with Gasteiger partial charge in [0.05, 0.1) is 22.9 Å². The standard InChI is InChI=1S/C16H17N3O3S.Na/c1-9(2)19-10(3)13(15(21)22)23-16(19)18-14(20)12-6-4-11(8-17)5-7-12;/h4-7,9-10,13H,1-3H3,(H,21,22);/q;+1/p-1. The van der Waals surface area contributed by atoms with Crippen LogP contribution < -0.4 is 34.7 Å². The van der Waals surface area contributed by atoms with Crippen molar-refractivity contribution in [2.45, 2.75) is 38.1 Å². The number of carbonyl (C=O) groups is 2. The van der Waals surface area contributed by atoms with E-state index in [1.165, 1.54) is 12.1 Å². The summed E-state index contributed by atoms with van der Waals surface area (Å²) in [5.41, 5.74) is 0.809. The van der Waals surface area contributed by atoms with Crippen LogP contribution in [0.4, 0.5) is 0 Å². The first-order valence-corrected chi connectivity index (χ1v) is 8.02. The SMILES string of the molecule is CC(C)N1C(=NC(=O)c2ccc(C#N)cc2)SC(C(=O)[O-])C1C.[Na+]. The number of carboxylic acid groups (broad SMARTS) is 1. The van der Waals surface area contributed by atoms with Gasteiger partial charge in [-0.1, -0.05) is 11.8 Å². The normalized spacial score (nSPS) is 21.5. The van der Waals surface area contributed by atoms with Crippen LogP contribution >= 0.6 is 11.8 Å². The zero-order chi connectivity index (χ0) is 17.1. The fourth-order valence-electron chi connectivity index (χ4n) is 2.45. The number of amidine groups is 1. The van der Waals surface area contributed by atoms with Gasteiger partial charge < -0.3 is 14.8 Å². The minimum absolute atomic E-state index is 0. The van der Waals surface area contributed by atoms with Gasteiger partial charge in [0, 0.05) is 17.6 Å². The van der Waals surface area contributed by atoms with E-state index in [1.54, 1.807) is 19.1 Å². The van der Waals surface area contributed by atoms with Gasteiger partial charge in [0.25, 0.3) is 5.91 Å². The monoisotopic (exact) mass is 353 g/mol. The molecule has 120 valence electrons. The molecule has 0 radical (unpaired) electrons. The van der Waals surface area contributed by atoms with E-state index in [-0.39, 0.29) is 41.6 Å². The third kappa shape index (κ3) is 4.39. The third-order valence-electron chi connectivity index (χ3n) is 3.58. The molecule has 1 saturated heterocycles. The molecule has 2 unspecified atom stereocenters. The number of nitriles is 1. The number of nitrogens with zero attached hydrogens (tertiary/aromatic N) is 3. The summed E-state index contributed by atoms with van der Waals surface area (Å²) in [4.78, 5) is 29.4. The summed E-state index contributed by atoms with van der Waals surface area (Å²) in [7, 11) is 0. The number of aliphatic carboxylic acids is 1. The Bertz CT molecular complexity index is 698. The minimum atomic E-state index is -1.16. The maximum atomic E-state index is 12.3. The van der Waals surface area contributed by atoms with Gasteiger partial charge in [-0.25, -0.2) is 0 Å². The summed E-state index contributed by atoms with van der Waals surface area (Å²) in [5, 5.41) is 19.6. The number of carbonyl (C=O) groups excluding carboxylic acids is 2. The summed E-state index contributed by atoms with van der Waals surface area (Å²) in [6.07, 6.45) is 0. The van der Waals surface area contributed by atoms with E-state index < -0.39 is 17.1 Å². The van der Waals surface area contributed by atoms with E-state index in [9.17, 15) is 14.7 Å². The summed E-state index contributed by atoms with van der Waals surface area (Å²) in [6, 6.07) is 7.83. The maximum Gasteiger partial charge on any atom is 1.00 e. The Morgan fingerprint density at radius 2 is 1.92 bits per heavy atom. The number of benzene rings is 1. The summed E-state index contributed by atoms with van der Waals surface area (Å²) in [6.45, 7) is 5.61. The van der Waals surface area contributed by atoms with Gasteiger partial charge in [0.1, 0.15) is 0 Å². The molecule has 0 N–H and O–H groups in total. The third-order valence-corrected chi connectivity index (χ3v) is 4.93. The Balaban J connectivity index is 0.00000288. The molecule has 1 aliphatic rings. The van der Waals surface area contributed by atoms with Crippen molar-refractivity contribution in [3.63, 3.8) is 0 Å². The van der Waals surface area contributed by atoms with Crippen LogP contribution in [-0.2, 0) is 4.79 Å². The molecule has 0 saturated carbocycles. The number of amides is 1. The summed E-state index contributed by atoms with van der Waals surface area (Å²) < 4.78 is 0. The minimum Gasteiger partial charge on any atom is -0.549 e. The van der Waals surface area contributed by atoms with Crippen LogP contribution in [0.1, 0.15) is 36.7 Å². The molecule has 8 heteroatoms. The first kappa shape index (κ1) is 20.7. The molecular formula is C16H16N3NaO3S. The van der Waals surface area contributed by atoms with Crippen molar-refractivity contribution in [3.8, 4) is 6.07 Å². The summed E-state index contributed by atoms with van der Waals surface area (Å²) >= 11 is 1.03. The molecule has 1 aliphatic heterocycles. The smallest absolute Gasteiger partial charge is 0.549 e. The van der Waals surface area contributed by atoms with Crippen LogP contribution in [-0.4, -0.2) is 39.3 Å². The van der Waals surface area contributed by atoms with Gasteiger partial charge in [-0.2, -0.15) is 10.3 Å². The molecule has 0 aromatic heterocycles. The average molecular weight is 353 g/mol. The number of hydrogen-bond acceptors (Lipinski definition) is 5. The predicted molar refractivity (Wildman–Crippen MR) is 85.7 cm³/mol. The van der Waals surface area contributed by atoms with Crippen LogP contribution in [0, 0.1) is 11.3 Å². The first-order chi connectivity index (χ1) is 10.8. The second kappa shape index (κ2) is 8.67. The van der Waals surface area contributed by atoms with E-state index in [2.05, 4.69) is 4.99 Å². The molecule has 1 amide bonds. The zero-order valence-corrected chi connectivity index (χ0v) is 16.8. The van der Waals surface area contributed by atoms with Crippen LogP contribution in [0.5, 0.6) is 0 Å². The molecule has 1 fully saturated rings. The Morgan fingerprint density at radius 1 is 1.33 bits per heavy atom. The number of rotatable bonds is 3. The van der Waals surface area contributed by atoms with Crippen molar-refractivity contribution in [1.29, 1.82) is 5.26 Å². The van der Waals surface area contributed by atoms with Crippen molar-refractivity contribution < 1.29 is 44.3 Å². The molecule has 1 heterocycles. The van der Waals surface area contributed by atoms with E-state index in [0.29, 0.717) is 16.3 Å². The largest absolute Gasteiger partial charge is 1.00 e. The topological polar surface area (TPSA) is 96.6 Å². The Kier molecular flexibility index (Phi) is 7.49. The molecule has 6 nitrogen and oxygen atoms in total. The molecule has 0 spiro atoms. The van der Waals surface area contributed by atoms with E-state index in [4.69, 9.17) is 5.26 Å². The maximum absolute atomic E-state index is 12.3. The number of hydrogen-bond donors (Lipinski definition) is 0. The fourth-order valence-corrected chi connectivity index (χ4v) is 3.74. The van der Waals surface area contributed by atoms with Gasteiger partial charge in [0.2, 0.25) is 0 Å². The molecule has 1 aromatic carbocycles. The van der Waals surface area contributed by atoms with Crippen molar-refractivity contribution in [2.75, 3.05) is 0 Å². The van der Waals surface area contributed by atoms with Gasteiger partial charge in [-0.15, -0.1) is 0 Å². The van der Waals surface area contributed by atoms with Gasteiger partial charge in [-0.05, 0) is 45.0 Å². The molecular weight excluding hydrogens is 337 g/mol. The Morgan fingerprint density at radius 3 is 2.38 bits per heavy atom. The van der Waals surface area contributed by atoms with E-state index in [0.717, 1.165) is 11.8 Å². The Hall–Kier alpha value is -1.33. The predicted octanol–water partition coefficient (Wildman–Crippen LogP) is -1.98. The van der Waals surface area contributed by atoms with Crippen molar-refractivity contribution in [3.05, 3.63) is 35.4 Å². The van der Waals surface area contributed by atoms with Gasteiger partial charge in [0.15, 0.2) is 5.17 Å². The van der Waals surface area contributed by atoms with Crippen LogP contribution in [0.2, 0.25) is 0 Å². The first-order valence-electron chi connectivity index (χ1n) is 7.14. The molecule has 2 atom stereocenters. The number of aliphatic imine (C=N–C) groups is 1. The molecule has 24 heavy (non-hydrogen) atoms. The number of carboxylic acids is 1. The van der Waals surface area contributed by atoms with Crippen molar-refractivity contribution in [1.82, 2.24) is 4.90 Å². The number of thioether (sulfide) groups is 1. The zero-order valence-electron chi connectivity index (χ0n) is 14.0. The quantitative estimate of drug-likeness (QED) is 0.585. The summed E-state index contributed by atoms with van der Waals surface area (Å²) in [5.74, 6) is -1.63. The van der Waals surface area contributed by atoms with Gasteiger partial charge in [-0.3, -0.25) is 4.79 Å². The van der Waals surface area contributed by atoms with Gasteiger partial charge >= 0.3 is 29.6 Å². The van der Waals surface area contributed by atoms with Crippen molar-refractivity contribution >= 4 is 28.8 Å². The molecule has 1 aromatic rings. The molecule has 2 rings (SSSR count). The van der Waals surface area contributed by atoms with E-state index >= 15 is 0 Å². The second-order valence-corrected chi connectivity index (χ2v) is 6.60.